The minimum absolute atomic E-state index is 0.0627. The number of rotatable bonds is 6. The molecule has 1 N–H and O–H groups in total. The van der Waals surface area contributed by atoms with Crippen LogP contribution in [0.3, 0.4) is 0 Å². The third-order valence-corrected chi connectivity index (χ3v) is 7.79. The van der Waals surface area contributed by atoms with Gasteiger partial charge >= 0.3 is 0 Å². The van der Waals surface area contributed by atoms with Crippen LogP contribution in [-0.2, 0) is 14.2 Å². The summed E-state index contributed by atoms with van der Waals surface area (Å²) >= 11 is 3.40. The molecule has 31 heavy (non-hydrogen) atoms. The van der Waals surface area contributed by atoms with Crippen molar-refractivity contribution >= 4 is 23.5 Å². The standard InChI is InChI=1S/C22H25N3O4S2/c1-22(2)28-18-17(24-25-23)16(26)13-27-19(18)20(29-22)21(30-14-9-5-3-6-10-14)31-15-11-7-4-8-12-15/h3-12,16-21,26H,13H2,1-2H3/t16-,17-,18-,19-,20-/m1/s1. The summed E-state index contributed by atoms with van der Waals surface area (Å²) in [4.78, 5) is 5.16. The van der Waals surface area contributed by atoms with Gasteiger partial charge in [0.05, 0.1) is 23.3 Å². The van der Waals surface area contributed by atoms with Gasteiger partial charge in [-0.15, -0.1) is 23.5 Å². The number of fused-ring (bicyclic) bond motifs is 1. The lowest BCUT2D eigenvalue weighted by Crippen LogP contribution is -2.65. The Morgan fingerprint density at radius 1 is 1.00 bits per heavy atom. The van der Waals surface area contributed by atoms with E-state index in [-0.39, 0.29) is 17.3 Å². The molecule has 2 aliphatic heterocycles. The van der Waals surface area contributed by atoms with Crippen molar-refractivity contribution in [3.8, 4) is 0 Å². The maximum Gasteiger partial charge on any atom is 0.163 e. The van der Waals surface area contributed by atoms with E-state index in [0.29, 0.717) is 0 Å². The fourth-order valence-electron chi connectivity index (χ4n) is 3.82. The van der Waals surface area contributed by atoms with Crippen molar-refractivity contribution in [1.29, 1.82) is 0 Å². The van der Waals surface area contributed by atoms with E-state index in [9.17, 15) is 5.11 Å². The Morgan fingerprint density at radius 3 is 2.13 bits per heavy atom. The number of azide groups is 1. The van der Waals surface area contributed by atoms with Crippen LogP contribution in [0.1, 0.15) is 13.8 Å². The SMILES string of the molecule is CC1(C)O[C@@H]2[C@H](N=[N+]=[N-])[C@H](O)CO[C@H]2[C@H](C(Sc2ccccc2)Sc2ccccc2)O1. The number of thioether (sulfide) groups is 2. The zero-order valence-corrected chi connectivity index (χ0v) is 18.9. The van der Waals surface area contributed by atoms with Crippen LogP contribution < -0.4 is 0 Å². The topological polar surface area (TPSA) is 96.7 Å². The number of hydrogen-bond donors (Lipinski definition) is 1. The van der Waals surface area contributed by atoms with Crippen LogP contribution in [0.15, 0.2) is 75.6 Å². The Bertz CT molecular complexity index is 870. The number of benzene rings is 2. The molecule has 4 rings (SSSR count). The summed E-state index contributed by atoms with van der Waals surface area (Å²) in [5.74, 6) is -0.928. The van der Waals surface area contributed by atoms with Crippen LogP contribution in [-0.4, -0.2) is 52.5 Å². The maximum atomic E-state index is 10.4. The summed E-state index contributed by atoms with van der Waals surface area (Å²) in [5.41, 5.74) is 9.03. The second kappa shape index (κ2) is 9.83. The highest BCUT2D eigenvalue weighted by Gasteiger charge is 2.53. The van der Waals surface area contributed by atoms with Crippen molar-refractivity contribution < 1.29 is 19.3 Å². The van der Waals surface area contributed by atoms with Gasteiger partial charge in [-0.05, 0) is 43.6 Å². The smallest absolute Gasteiger partial charge is 0.163 e. The van der Waals surface area contributed by atoms with E-state index in [1.807, 2.05) is 50.2 Å². The predicted molar refractivity (Wildman–Crippen MR) is 121 cm³/mol. The molecule has 5 atom stereocenters. The minimum atomic E-state index is -0.928. The second-order valence-electron chi connectivity index (χ2n) is 7.86. The molecule has 0 saturated carbocycles. The van der Waals surface area contributed by atoms with Crippen LogP contribution in [0.4, 0.5) is 0 Å². The normalized spacial score (nSPS) is 29.7. The molecule has 0 aliphatic carbocycles. The Labute approximate surface area is 190 Å². The summed E-state index contributed by atoms with van der Waals surface area (Å²) in [6.07, 6.45) is -2.38. The van der Waals surface area contributed by atoms with E-state index in [1.54, 1.807) is 23.5 Å². The molecule has 2 aromatic rings. The number of ether oxygens (including phenoxy) is 3. The first-order chi connectivity index (χ1) is 15.0. The molecule has 0 aromatic heterocycles. The van der Waals surface area contributed by atoms with Gasteiger partial charge in [-0.3, -0.25) is 0 Å². The number of hydrogen-bond acceptors (Lipinski definition) is 7. The van der Waals surface area contributed by atoms with E-state index in [0.717, 1.165) is 9.79 Å². The summed E-state index contributed by atoms with van der Waals surface area (Å²) in [6.45, 7) is 3.73. The molecule has 9 heteroatoms. The lowest BCUT2D eigenvalue weighted by molar-refractivity contribution is -0.353. The molecule has 0 radical (unpaired) electrons. The van der Waals surface area contributed by atoms with Crippen molar-refractivity contribution in [2.75, 3.05) is 6.61 Å². The summed E-state index contributed by atoms with van der Waals surface area (Å²) in [6, 6.07) is 19.6. The van der Waals surface area contributed by atoms with Gasteiger partial charge in [0, 0.05) is 14.7 Å². The van der Waals surface area contributed by atoms with Crippen LogP contribution >= 0.6 is 23.5 Å². The Morgan fingerprint density at radius 2 is 1.58 bits per heavy atom. The van der Waals surface area contributed by atoms with Crippen LogP contribution in [0.25, 0.3) is 10.4 Å². The summed E-state index contributed by atoms with van der Waals surface area (Å²) < 4.78 is 18.5. The summed E-state index contributed by atoms with van der Waals surface area (Å²) in [7, 11) is 0. The van der Waals surface area contributed by atoms with Crippen molar-refractivity contribution in [3.05, 3.63) is 71.1 Å². The van der Waals surface area contributed by atoms with Gasteiger partial charge in [0.25, 0.3) is 0 Å². The van der Waals surface area contributed by atoms with Gasteiger partial charge in [0.1, 0.15) is 18.3 Å². The molecule has 0 amide bonds. The fourth-order valence-corrected chi connectivity index (χ4v) is 6.54. The van der Waals surface area contributed by atoms with Gasteiger partial charge in [-0.25, -0.2) is 0 Å². The second-order valence-corrected chi connectivity index (χ2v) is 10.6. The van der Waals surface area contributed by atoms with E-state index in [1.165, 1.54) is 0 Å². The molecule has 2 aromatic carbocycles. The highest BCUT2D eigenvalue weighted by atomic mass is 32.2. The number of aliphatic hydroxyl groups excluding tert-OH is 1. The lowest BCUT2D eigenvalue weighted by Gasteiger charge is -2.51. The van der Waals surface area contributed by atoms with Gasteiger partial charge in [0.15, 0.2) is 5.79 Å². The third kappa shape index (κ3) is 5.38. The van der Waals surface area contributed by atoms with Crippen molar-refractivity contribution in [2.45, 2.75) is 64.5 Å². The Balaban J connectivity index is 1.68. The van der Waals surface area contributed by atoms with E-state index in [2.05, 4.69) is 34.3 Å². The van der Waals surface area contributed by atoms with Gasteiger partial charge in [-0.2, -0.15) is 0 Å². The van der Waals surface area contributed by atoms with Gasteiger partial charge in [-0.1, -0.05) is 41.5 Å². The average molecular weight is 460 g/mol. The molecule has 2 saturated heterocycles. The third-order valence-electron chi connectivity index (χ3n) is 5.12. The van der Waals surface area contributed by atoms with Crippen LogP contribution in [0, 0.1) is 0 Å². The summed E-state index contributed by atoms with van der Waals surface area (Å²) in [5, 5.41) is 14.2. The molecule has 2 fully saturated rings. The quantitative estimate of drug-likeness (QED) is 0.218. The molecule has 7 nitrogen and oxygen atoms in total. The first-order valence-electron chi connectivity index (χ1n) is 10.1. The molecule has 2 aliphatic rings. The van der Waals surface area contributed by atoms with E-state index < -0.39 is 30.1 Å². The molecule has 0 unspecified atom stereocenters. The average Bonchev–Trinajstić information content (AvgIpc) is 2.76. The minimum Gasteiger partial charge on any atom is -0.390 e. The molecular weight excluding hydrogens is 434 g/mol. The first kappa shape index (κ1) is 22.5. The van der Waals surface area contributed by atoms with Gasteiger partial charge < -0.3 is 19.3 Å². The van der Waals surface area contributed by atoms with Gasteiger partial charge in [0.2, 0.25) is 0 Å². The van der Waals surface area contributed by atoms with Crippen molar-refractivity contribution in [2.24, 2.45) is 5.11 Å². The zero-order valence-electron chi connectivity index (χ0n) is 17.3. The Hall–Kier alpha value is -1.71. The van der Waals surface area contributed by atoms with Crippen LogP contribution in [0.5, 0.6) is 0 Å². The first-order valence-corrected chi connectivity index (χ1v) is 11.9. The number of aliphatic hydroxyl groups is 1. The fraction of sp³-hybridized carbons (Fsp3) is 0.455. The monoisotopic (exact) mass is 459 g/mol. The highest BCUT2D eigenvalue weighted by molar-refractivity contribution is 8.17. The number of nitrogens with zero attached hydrogens (tertiary/aromatic N) is 3. The molecule has 164 valence electrons. The highest BCUT2D eigenvalue weighted by Crippen LogP contribution is 2.45. The van der Waals surface area contributed by atoms with Crippen LogP contribution in [0.2, 0.25) is 0 Å². The predicted octanol–water partition coefficient (Wildman–Crippen LogP) is 4.86. The van der Waals surface area contributed by atoms with Crippen molar-refractivity contribution in [1.82, 2.24) is 0 Å². The molecule has 2 heterocycles. The van der Waals surface area contributed by atoms with Crippen molar-refractivity contribution in [3.63, 3.8) is 0 Å². The zero-order chi connectivity index (χ0) is 21.8. The Kier molecular flexibility index (Phi) is 7.13. The maximum absolute atomic E-state index is 10.4. The lowest BCUT2D eigenvalue weighted by atomic mass is 9.93. The van der Waals surface area contributed by atoms with E-state index in [4.69, 9.17) is 19.7 Å². The van der Waals surface area contributed by atoms with E-state index >= 15 is 0 Å². The molecular formula is C22H25N3O4S2. The molecule has 0 bridgehead atoms. The largest absolute Gasteiger partial charge is 0.390 e. The molecule has 0 spiro atoms.